The highest BCUT2D eigenvalue weighted by atomic mass is 35.5. The van der Waals surface area contributed by atoms with Crippen LogP contribution in [0.15, 0.2) is 18.2 Å². The zero-order valence-electron chi connectivity index (χ0n) is 14.3. The summed E-state index contributed by atoms with van der Waals surface area (Å²) < 4.78 is 4.95. The average molecular weight is 384 g/mol. The minimum absolute atomic E-state index is 0.000780. The number of ether oxygens (including phenoxy) is 1. The second kappa shape index (κ2) is 7.96. The van der Waals surface area contributed by atoms with E-state index in [0.29, 0.717) is 28.8 Å². The highest BCUT2D eigenvalue weighted by Gasteiger charge is 2.47. The summed E-state index contributed by atoms with van der Waals surface area (Å²) in [4.78, 5) is 26.9. The molecule has 2 fully saturated rings. The summed E-state index contributed by atoms with van der Waals surface area (Å²) in [5, 5.41) is 0.992. The van der Waals surface area contributed by atoms with Gasteiger partial charge >= 0.3 is 5.97 Å². The third kappa shape index (κ3) is 3.80. The monoisotopic (exact) mass is 383 g/mol. The van der Waals surface area contributed by atoms with E-state index in [1.807, 2.05) is 12.1 Å². The van der Waals surface area contributed by atoms with Gasteiger partial charge in [-0.15, -0.1) is 0 Å². The molecule has 6 heteroatoms. The molecule has 136 valence electrons. The predicted octanol–water partition coefficient (Wildman–Crippen LogP) is 4.26. The van der Waals surface area contributed by atoms with Crippen LogP contribution in [-0.4, -0.2) is 36.0 Å². The van der Waals surface area contributed by atoms with Crippen molar-refractivity contribution in [3.63, 3.8) is 0 Å². The van der Waals surface area contributed by atoms with Crippen molar-refractivity contribution in [1.82, 2.24) is 4.90 Å². The van der Waals surface area contributed by atoms with Crippen LogP contribution in [0.25, 0.3) is 0 Å². The van der Waals surface area contributed by atoms with E-state index in [-0.39, 0.29) is 17.9 Å². The zero-order valence-corrected chi connectivity index (χ0v) is 15.9. The number of esters is 1. The van der Waals surface area contributed by atoms with Crippen LogP contribution < -0.4 is 0 Å². The van der Waals surface area contributed by atoms with E-state index < -0.39 is 6.04 Å². The average Bonchev–Trinajstić information content (AvgIpc) is 3.01. The molecule has 1 aromatic rings. The molecule has 0 N–H and O–H groups in total. The number of rotatable bonds is 4. The number of methoxy groups -OCH3 is 1. The summed E-state index contributed by atoms with van der Waals surface area (Å²) in [6, 6.07) is 5.17. The lowest BCUT2D eigenvalue weighted by Gasteiger charge is -2.33. The highest BCUT2D eigenvalue weighted by Crippen LogP contribution is 2.40. The minimum atomic E-state index is -0.444. The Balaban J connectivity index is 1.73. The Morgan fingerprint density at radius 3 is 2.76 bits per heavy atom. The van der Waals surface area contributed by atoms with Gasteiger partial charge in [-0.3, -0.25) is 4.79 Å². The van der Waals surface area contributed by atoms with Crippen molar-refractivity contribution in [3.8, 4) is 0 Å². The normalized spacial score (nSPS) is 25.6. The molecule has 25 heavy (non-hydrogen) atoms. The third-order valence-corrected chi connectivity index (χ3v) is 6.35. The number of fused-ring (bicyclic) bond motifs is 1. The summed E-state index contributed by atoms with van der Waals surface area (Å²) in [7, 11) is 1.39. The summed E-state index contributed by atoms with van der Waals surface area (Å²) in [5.74, 6) is 0.112. The van der Waals surface area contributed by atoms with Crippen molar-refractivity contribution in [2.75, 3.05) is 7.11 Å². The van der Waals surface area contributed by atoms with E-state index in [0.717, 1.165) is 31.2 Å². The van der Waals surface area contributed by atoms with Crippen LogP contribution in [0.3, 0.4) is 0 Å². The quantitative estimate of drug-likeness (QED) is 0.729. The van der Waals surface area contributed by atoms with Gasteiger partial charge in [0.1, 0.15) is 6.04 Å². The molecule has 3 unspecified atom stereocenters. The van der Waals surface area contributed by atoms with Crippen molar-refractivity contribution in [2.24, 2.45) is 5.92 Å². The van der Waals surface area contributed by atoms with E-state index in [9.17, 15) is 9.59 Å². The van der Waals surface area contributed by atoms with Crippen LogP contribution in [0.1, 0.15) is 44.1 Å². The number of benzene rings is 1. The second-order valence-corrected chi connectivity index (χ2v) is 7.69. The topological polar surface area (TPSA) is 46.6 Å². The molecule has 1 amide bonds. The number of nitrogens with zero attached hydrogens (tertiary/aromatic N) is 1. The summed E-state index contributed by atoms with van der Waals surface area (Å²) in [6.07, 6.45) is 5.90. The molecule has 1 saturated heterocycles. The number of aryl methyl sites for hydroxylation is 1. The highest BCUT2D eigenvalue weighted by molar-refractivity contribution is 6.42. The number of amides is 1. The maximum absolute atomic E-state index is 12.9. The van der Waals surface area contributed by atoms with Gasteiger partial charge in [0.15, 0.2) is 0 Å². The standard InChI is InChI=1S/C19H23Cl2NO3/c1-25-19(24)16-11-13-5-2-3-8-15(13)22(16)17(23)10-9-12-6-4-7-14(20)18(12)21/h4,6-7,13,15-16H,2-3,5,8-11H2,1H3. The number of halogens is 2. The van der Waals surface area contributed by atoms with Crippen LogP contribution in [0, 0.1) is 5.92 Å². The van der Waals surface area contributed by atoms with Crippen LogP contribution in [-0.2, 0) is 20.7 Å². The van der Waals surface area contributed by atoms with E-state index >= 15 is 0 Å². The van der Waals surface area contributed by atoms with Gasteiger partial charge in [0, 0.05) is 12.5 Å². The lowest BCUT2D eigenvalue weighted by molar-refractivity contribution is -0.152. The van der Waals surface area contributed by atoms with Crippen molar-refractivity contribution >= 4 is 35.1 Å². The van der Waals surface area contributed by atoms with Crippen LogP contribution in [0.4, 0.5) is 0 Å². The number of carbonyl (C=O) groups is 2. The van der Waals surface area contributed by atoms with Crippen molar-refractivity contribution in [1.29, 1.82) is 0 Å². The Morgan fingerprint density at radius 1 is 1.24 bits per heavy atom. The second-order valence-electron chi connectivity index (χ2n) is 6.90. The number of hydrogen-bond acceptors (Lipinski definition) is 3. The molecule has 2 aliphatic rings. The smallest absolute Gasteiger partial charge is 0.328 e. The molecule has 4 nitrogen and oxygen atoms in total. The molecule has 1 aliphatic carbocycles. The third-order valence-electron chi connectivity index (χ3n) is 5.49. The van der Waals surface area contributed by atoms with E-state index in [2.05, 4.69) is 0 Å². The van der Waals surface area contributed by atoms with Gasteiger partial charge in [0.2, 0.25) is 5.91 Å². The van der Waals surface area contributed by atoms with Crippen molar-refractivity contribution in [3.05, 3.63) is 33.8 Å². The maximum Gasteiger partial charge on any atom is 0.328 e. The molecule has 0 bridgehead atoms. The van der Waals surface area contributed by atoms with Gasteiger partial charge in [-0.25, -0.2) is 4.79 Å². The Morgan fingerprint density at radius 2 is 2.00 bits per heavy atom. The van der Waals surface area contributed by atoms with Crippen molar-refractivity contribution < 1.29 is 14.3 Å². The molecule has 1 saturated carbocycles. The molecule has 1 aromatic carbocycles. The van der Waals surface area contributed by atoms with Gasteiger partial charge in [0.25, 0.3) is 0 Å². The summed E-state index contributed by atoms with van der Waals surface area (Å²) >= 11 is 12.3. The first-order valence-corrected chi connectivity index (χ1v) is 9.60. The van der Waals surface area contributed by atoms with Gasteiger partial charge in [0.05, 0.1) is 17.2 Å². The van der Waals surface area contributed by atoms with Crippen LogP contribution in [0.2, 0.25) is 10.0 Å². The van der Waals surface area contributed by atoms with Crippen LogP contribution >= 0.6 is 23.2 Å². The molecule has 1 aliphatic heterocycles. The van der Waals surface area contributed by atoms with Crippen LogP contribution in [0.5, 0.6) is 0 Å². The van der Waals surface area contributed by atoms with Gasteiger partial charge < -0.3 is 9.64 Å². The number of hydrogen-bond donors (Lipinski definition) is 0. The molecule has 3 atom stereocenters. The minimum Gasteiger partial charge on any atom is -0.467 e. The lowest BCUT2D eigenvalue weighted by Crippen LogP contribution is -2.46. The first-order chi connectivity index (χ1) is 12.0. The number of likely N-dealkylation sites (tertiary alicyclic amines) is 1. The molecular formula is C19H23Cl2NO3. The fourth-order valence-electron chi connectivity index (χ4n) is 4.28. The molecule has 0 spiro atoms. The predicted molar refractivity (Wildman–Crippen MR) is 97.8 cm³/mol. The summed E-state index contributed by atoms with van der Waals surface area (Å²) in [6.45, 7) is 0. The van der Waals surface area contributed by atoms with E-state index in [1.165, 1.54) is 13.5 Å². The van der Waals surface area contributed by atoms with Gasteiger partial charge in [-0.2, -0.15) is 0 Å². The Kier molecular flexibility index (Phi) is 5.90. The fraction of sp³-hybridized carbons (Fsp3) is 0.579. The van der Waals surface area contributed by atoms with E-state index in [1.54, 1.807) is 11.0 Å². The zero-order chi connectivity index (χ0) is 18.0. The Labute approximate surface area is 158 Å². The summed E-state index contributed by atoms with van der Waals surface area (Å²) in [5.41, 5.74) is 0.858. The molecule has 0 radical (unpaired) electrons. The Bertz CT molecular complexity index is 664. The first kappa shape index (κ1) is 18.5. The number of carbonyl (C=O) groups excluding carboxylic acids is 2. The maximum atomic E-state index is 12.9. The molecular weight excluding hydrogens is 361 g/mol. The SMILES string of the molecule is COC(=O)C1CC2CCCCC2N1C(=O)CCc1cccc(Cl)c1Cl. The first-order valence-electron chi connectivity index (χ1n) is 8.84. The van der Waals surface area contributed by atoms with Gasteiger partial charge in [-0.05, 0) is 43.2 Å². The largest absolute Gasteiger partial charge is 0.467 e. The fourth-order valence-corrected chi connectivity index (χ4v) is 4.69. The van der Waals surface area contributed by atoms with Crippen molar-refractivity contribution in [2.45, 2.75) is 57.0 Å². The molecule has 3 rings (SSSR count). The lowest BCUT2D eigenvalue weighted by atomic mass is 9.84. The van der Waals surface area contributed by atoms with E-state index in [4.69, 9.17) is 27.9 Å². The molecule has 0 aromatic heterocycles. The molecule has 1 heterocycles. The van der Waals surface area contributed by atoms with Gasteiger partial charge in [-0.1, -0.05) is 48.2 Å². The Hall–Kier alpha value is -1.26.